The van der Waals surface area contributed by atoms with E-state index in [2.05, 4.69) is 4.98 Å². The van der Waals surface area contributed by atoms with Crippen LogP contribution in [0.1, 0.15) is 14.9 Å². The van der Waals surface area contributed by atoms with E-state index in [0.29, 0.717) is 44.6 Å². The molecule has 0 saturated carbocycles. The fourth-order valence-corrected chi connectivity index (χ4v) is 5.03. The predicted octanol–water partition coefficient (Wildman–Crippen LogP) is 4.86. The van der Waals surface area contributed by atoms with Crippen LogP contribution in [0.15, 0.2) is 65.6 Å². The van der Waals surface area contributed by atoms with Crippen LogP contribution in [0.5, 0.6) is 34.5 Å². The number of para-hydroxylation sites is 1. The van der Waals surface area contributed by atoms with Gasteiger partial charge in [-0.2, -0.15) is 0 Å². The molecule has 1 aromatic heterocycles. The van der Waals surface area contributed by atoms with Crippen molar-refractivity contribution in [2.24, 2.45) is 0 Å². The van der Waals surface area contributed by atoms with Crippen molar-refractivity contribution in [2.75, 3.05) is 28.4 Å². The topological polar surface area (TPSA) is 76.1 Å². The Morgan fingerprint density at radius 1 is 0.765 bits per heavy atom. The van der Waals surface area contributed by atoms with Gasteiger partial charge in [0.1, 0.15) is 0 Å². The molecule has 8 heteroatoms. The van der Waals surface area contributed by atoms with E-state index in [9.17, 15) is 4.79 Å². The molecule has 0 saturated heterocycles. The van der Waals surface area contributed by atoms with Crippen molar-refractivity contribution in [3.05, 3.63) is 75.7 Å². The van der Waals surface area contributed by atoms with Gasteiger partial charge < -0.3 is 0 Å². The number of carbonyl (C=O) groups excluding carboxylic acids is 1. The van der Waals surface area contributed by atoms with Gasteiger partial charge in [0.2, 0.25) is 0 Å². The molecule has 7 nitrogen and oxygen atoms in total. The van der Waals surface area contributed by atoms with E-state index in [-0.39, 0.29) is 20.3 Å². The zero-order valence-corrected chi connectivity index (χ0v) is 20.9. The van der Waals surface area contributed by atoms with E-state index in [0.717, 1.165) is 11.3 Å². The number of ether oxygens (including phenoxy) is 5. The quantitative estimate of drug-likeness (QED) is 0.229. The third-order valence-corrected chi connectivity index (χ3v) is 6.82. The summed E-state index contributed by atoms with van der Waals surface area (Å²) < 4.78 is 28.0. The molecule has 0 spiro atoms. The summed E-state index contributed by atoms with van der Waals surface area (Å²) >= 11 is -0.229. The number of hydrogen-bond donors (Lipinski definition) is 0. The van der Waals surface area contributed by atoms with Crippen LogP contribution in [0.2, 0.25) is 0 Å². The first kappa shape index (κ1) is 23.4. The molecule has 0 fully saturated rings. The third-order valence-electron chi connectivity index (χ3n) is 5.06. The summed E-state index contributed by atoms with van der Waals surface area (Å²) in [6, 6.07) is 18.3. The van der Waals surface area contributed by atoms with Crippen LogP contribution in [0.4, 0.5) is 0 Å². The maximum absolute atomic E-state index is 13.2. The van der Waals surface area contributed by atoms with Gasteiger partial charge in [0, 0.05) is 0 Å². The molecule has 0 bridgehead atoms. The van der Waals surface area contributed by atoms with Crippen molar-refractivity contribution in [1.29, 1.82) is 0 Å². The molecule has 0 unspecified atom stereocenters. The van der Waals surface area contributed by atoms with E-state index in [1.165, 1.54) is 21.3 Å². The van der Waals surface area contributed by atoms with Gasteiger partial charge in [-0.05, 0) is 0 Å². The van der Waals surface area contributed by atoms with E-state index in [4.69, 9.17) is 23.7 Å². The van der Waals surface area contributed by atoms with E-state index in [1.807, 2.05) is 53.5 Å². The summed E-state index contributed by atoms with van der Waals surface area (Å²) in [5, 5.41) is 0. The summed E-state index contributed by atoms with van der Waals surface area (Å²) in [7, 11) is 6.14. The van der Waals surface area contributed by atoms with Crippen LogP contribution < -0.4 is 23.7 Å². The molecule has 0 radical (unpaired) electrons. The summed E-state index contributed by atoms with van der Waals surface area (Å²) in [6.07, 6.45) is 0. The molecule has 0 N–H and O–H groups in total. The van der Waals surface area contributed by atoms with Crippen molar-refractivity contribution >= 4 is 20.3 Å². The molecule has 174 valence electrons. The number of rotatable bonds is 9. The van der Waals surface area contributed by atoms with Crippen LogP contribution in [0.3, 0.4) is 0 Å². The fourth-order valence-electron chi connectivity index (χ4n) is 3.38. The summed E-state index contributed by atoms with van der Waals surface area (Å²) in [4.78, 5) is 19.8. The molecule has 4 rings (SSSR count). The van der Waals surface area contributed by atoms with Crippen molar-refractivity contribution < 1.29 is 28.5 Å². The predicted molar refractivity (Wildman–Crippen MR) is 129 cm³/mol. The number of ketones is 1. The van der Waals surface area contributed by atoms with Crippen LogP contribution in [-0.2, 0) is 0 Å². The van der Waals surface area contributed by atoms with Gasteiger partial charge in [-0.1, -0.05) is 0 Å². The molecule has 0 aliphatic rings. The van der Waals surface area contributed by atoms with Crippen molar-refractivity contribution in [2.45, 2.75) is 0 Å². The molecule has 0 atom stereocenters. The van der Waals surface area contributed by atoms with Gasteiger partial charge in [0.15, 0.2) is 0 Å². The number of benzene rings is 3. The minimum atomic E-state index is -0.229. The number of nitrogens with zero attached hydrogens (tertiary/aromatic N) is 1. The summed E-state index contributed by atoms with van der Waals surface area (Å²) in [5.41, 5.74) is 1.98. The second-order valence-electron chi connectivity index (χ2n) is 7.06. The minimum absolute atomic E-state index is 0.181. The fraction of sp³-hybridized carbons (Fsp3) is 0.154. The van der Waals surface area contributed by atoms with Crippen molar-refractivity contribution in [1.82, 2.24) is 4.98 Å². The Labute approximate surface area is 203 Å². The first-order chi connectivity index (χ1) is 16.6. The normalized spacial score (nSPS) is 10.5. The molecule has 4 aromatic rings. The Morgan fingerprint density at radius 2 is 1.44 bits per heavy atom. The van der Waals surface area contributed by atoms with Gasteiger partial charge in [0.05, 0.1) is 0 Å². The van der Waals surface area contributed by atoms with Crippen LogP contribution in [0.25, 0.3) is 11.3 Å². The average molecular weight is 524 g/mol. The molecule has 1 heterocycles. The van der Waals surface area contributed by atoms with Gasteiger partial charge >= 0.3 is 204 Å². The Hall–Kier alpha value is -3.74. The number of hydrogen-bond acceptors (Lipinski definition) is 7. The van der Waals surface area contributed by atoms with Gasteiger partial charge in [-0.15, -0.1) is 0 Å². The number of carbonyl (C=O) groups is 1. The molecule has 0 amide bonds. The second-order valence-corrected chi connectivity index (χ2v) is 8.86. The number of methoxy groups -OCH3 is 4. The first-order valence-corrected chi connectivity index (χ1v) is 12.1. The molecular formula is C26H23NO6Se. The van der Waals surface area contributed by atoms with Crippen molar-refractivity contribution in [3.63, 3.8) is 0 Å². The molecule has 0 aliphatic heterocycles. The molecule has 0 aliphatic carbocycles. The number of aromatic nitrogens is 1. The molecular weight excluding hydrogens is 501 g/mol. The summed E-state index contributed by atoms with van der Waals surface area (Å²) in [5.74, 6) is 2.96. The van der Waals surface area contributed by atoms with Gasteiger partial charge in [0.25, 0.3) is 0 Å². The Bertz CT molecular complexity index is 1280. The standard InChI is InChI=1S/C26H23NO6Se/c1-29-20-11-10-16(12-21(20)33-18-8-6-5-7-9-18)19-15-34-26(27-19)24(28)17-13-22(30-2)25(32-4)23(14-17)31-3/h5-15H,1-4H3. The third kappa shape index (κ3) is 4.78. The maximum atomic E-state index is 13.2. The van der Waals surface area contributed by atoms with Crippen LogP contribution >= 0.6 is 0 Å². The van der Waals surface area contributed by atoms with Crippen LogP contribution in [0, 0.1) is 0 Å². The summed E-state index contributed by atoms with van der Waals surface area (Å²) in [6.45, 7) is 0. The van der Waals surface area contributed by atoms with E-state index >= 15 is 0 Å². The zero-order chi connectivity index (χ0) is 24.1. The Balaban J connectivity index is 1.65. The first-order valence-electron chi connectivity index (χ1n) is 10.3. The van der Waals surface area contributed by atoms with E-state index < -0.39 is 0 Å². The van der Waals surface area contributed by atoms with Crippen molar-refractivity contribution in [3.8, 4) is 45.8 Å². The van der Waals surface area contributed by atoms with E-state index in [1.54, 1.807) is 19.2 Å². The monoisotopic (exact) mass is 525 g/mol. The second kappa shape index (κ2) is 10.5. The zero-order valence-electron chi connectivity index (χ0n) is 19.2. The molecule has 3 aromatic carbocycles. The molecule has 34 heavy (non-hydrogen) atoms. The Morgan fingerprint density at radius 3 is 2.06 bits per heavy atom. The Kier molecular flexibility index (Phi) is 7.21. The SMILES string of the molecule is COc1ccc(-c2c[se]c(C(=O)c3cc(OC)c(OC)c(OC)c3)n2)cc1Oc1ccccc1. The van der Waals surface area contributed by atoms with Gasteiger partial charge in [-0.3, -0.25) is 0 Å². The average Bonchev–Trinajstić information content (AvgIpc) is 3.38. The van der Waals surface area contributed by atoms with Gasteiger partial charge in [-0.25, -0.2) is 0 Å². The van der Waals surface area contributed by atoms with Crippen LogP contribution in [-0.4, -0.2) is 53.7 Å².